The van der Waals surface area contributed by atoms with Crippen LogP contribution in [0.1, 0.15) is 11.1 Å². The van der Waals surface area contributed by atoms with Gasteiger partial charge in [-0.05, 0) is 44.1 Å². The minimum Gasteiger partial charge on any atom is -0.207 e. The lowest BCUT2D eigenvalue weighted by Gasteiger charge is -2.16. The fourth-order valence-corrected chi connectivity index (χ4v) is 5.83. The van der Waals surface area contributed by atoms with E-state index < -0.39 is 9.05 Å². The van der Waals surface area contributed by atoms with Crippen LogP contribution in [0.25, 0.3) is 32.3 Å². The summed E-state index contributed by atoms with van der Waals surface area (Å²) in [7, 11) is 1.91. The average Bonchev–Trinajstić information content (AvgIpc) is 2.57. The van der Waals surface area contributed by atoms with Crippen LogP contribution >= 0.6 is 42.5 Å². The number of benzene rings is 4. The van der Waals surface area contributed by atoms with Gasteiger partial charge in [0.25, 0.3) is 9.05 Å². The minimum atomic E-state index is -3.85. The van der Waals surface area contributed by atoms with E-state index in [2.05, 4.69) is 50.1 Å². The fourth-order valence-electron chi connectivity index (χ4n) is 3.46. The lowest BCUT2D eigenvalue weighted by Crippen LogP contribution is -1.99. The third-order valence-electron chi connectivity index (χ3n) is 4.35. The molecule has 0 fully saturated rings. The summed E-state index contributed by atoms with van der Waals surface area (Å²) < 4.78 is 24.4. The van der Waals surface area contributed by atoms with Crippen LogP contribution in [0.4, 0.5) is 0 Å². The molecule has 6 heteroatoms. The first-order valence-corrected chi connectivity index (χ1v) is 11.8. The molecule has 0 aliphatic rings. The standard InChI is InChI=1S/C18H11Br2ClO2S/c19-8-10-5-11-1-2-13-7-14(9-20)18(24(21,22)23)15-4-3-12(6-10)16(11)17(13)15/h1-7H,8-9H2. The third kappa shape index (κ3) is 2.45. The maximum absolute atomic E-state index is 12.2. The van der Waals surface area contributed by atoms with Crippen molar-refractivity contribution in [2.45, 2.75) is 15.6 Å². The Kier molecular flexibility index (Phi) is 4.03. The molecule has 4 aromatic carbocycles. The molecule has 0 amide bonds. The summed E-state index contributed by atoms with van der Waals surface area (Å²) in [5.74, 6) is 0. The summed E-state index contributed by atoms with van der Waals surface area (Å²) in [6, 6.07) is 14.1. The van der Waals surface area contributed by atoms with Gasteiger partial charge in [-0.15, -0.1) is 0 Å². The zero-order chi connectivity index (χ0) is 17.1. The molecule has 0 N–H and O–H groups in total. The van der Waals surface area contributed by atoms with Crippen LogP contribution in [0.5, 0.6) is 0 Å². The second-order valence-electron chi connectivity index (χ2n) is 5.76. The lowest BCUT2D eigenvalue weighted by atomic mass is 9.92. The van der Waals surface area contributed by atoms with Crippen molar-refractivity contribution in [1.82, 2.24) is 0 Å². The number of hydrogen-bond donors (Lipinski definition) is 0. The predicted octanol–water partition coefficient (Wildman–Crippen LogP) is 6.30. The normalized spacial score (nSPS) is 12.6. The molecular weight excluding hydrogens is 476 g/mol. The predicted molar refractivity (Wildman–Crippen MR) is 108 cm³/mol. The molecule has 4 rings (SSSR count). The Morgan fingerprint density at radius 3 is 1.96 bits per heavy atom. The Labute approximate surface area is 160 Å². The first-order chi connectivity index (χ1) is 11.4. The molecule has 0 unspecified atom stereocenters. The topological polar surface area (TPSA) is 34.1 Å². The zero-order valence-electron chi connectivity index (χ0n) is 12.3. The highest BCUT2D eigenvalue weighted by Gasteiger charge is 2.22. The van der Waals surface area contributed by atoms with Crippen molar-refractivity contribution < 1.29 is 8.42 Å². The number of hydrogen-bond acceptors (Lipinski definition) is 2. The van der Waals surface area contributed by atoms with Gasteiger partial charge in [0.15, 0.2) is 0 Å². The van der Waals surface area contributed by atoms with Crippen molar-refractivity contribution in [3.05, 3.63) is 53.6 Å². The van der Waals surface area contributed by atoms with Gasteiger partial charge in [-0.2, -0.15) is 0 Å². The highest BCUT2D eigenvalue weighted by atomic mass is 79.9. The van der Waals surface area contributed by atoms with E-state index in [1.54, 1.807) is 0 Å². The van der Waals surface area contributed by atoms with Crippen molar-refractivity contribution >= 4 is 83.9 Å². The van der Waals surface area contributed by atoms with Gasteiger partial charge in [-0.1, -0.05) is 68.3 Å². The highest BCUT2D eigenvalue weighted by Crippen LogP contribution is 2.41. The van der Waals surface area contributed by atoms with Gasteiger partial charge in [0.05, 0.1) is 4.90 Å². The molecule has 0 aliphatic heterocycles. The number of alkyl halides is 2. The SMILES string of the molecule is O=S(=O)(Cl)c1c(CBr)cc2ccc3cc(CBr)cc4ccc1c2c34. The minimum absolute atomic E-state index is 0.201. The van der Waals surface area contributed by atoms with Crippen molar-refractivity contribution in [3.63, 3.8) is 0 Å². The molecular formula is C18H11Br2ClO2S. The quantitative estimate of drug-likeness (QED) is 0.193. The van der Waals surface area contributed by atoms with Crippen molar-refractivity contribution in [1.29, 1.82) is 0 Å². The Hall–Kier alpha value is -0.880. The van der Waals surface area contributed by atoms with E-state index >= 15 is 0 Å². The van der Waals surface area contributed by atoms with Crippen LogP contribution in [-0.2, 0) is 19.7 Å². The van der Waals surface area contributed by atoms with Gasteiger partial charge in [-0.25, -0.2) is 8.42 Å². The van der Waals surface area contributed by atoms with Crippen molar-refractivity contribution in [2.75, 3.05) is 0 Å². The van der Waals surface area contributed by atoms with Gasteiger partial charge >= 0.3 is 0 Å². The van der Waals surface area contributed by atoms with E-state index in [0.717, 1.165) is 32.3 Å². The molecule has 2 nitrogen and oxygen atoms in total. The third-order valence-corrected chi connectivity index (χ3v) is 7.03. The Morgan fingerprint density at radius 2 is 1.42 bits per heavy atom. The second-order valence-corrected chi connectivity index (χ2v) is 9.39. The first-order valence-electron chi connectivity index (χ1n) is 7.24. The van der Waals surface area contributed by atoms with Gasteiger partial charge in [-0.3, -0.25) is 0 Å². The van der Waals surface area contributed by atoms with E-state index in [4.69, 9.17) is 10.7 Å². The summed E-state index contributed by atoms with van der Waals surface area (Å²) in [6.45, 7) is 0. The summed E-state index contributed by atoms with van der Waals surface area (Å²) >= 11 is 6.88. The molecule has 0 saturated carbocycles. The van der Waals surface area contributed by atoms with Gasteiger partial charge in [0.1, 0.15) is 0 Å². The first kappa shape index (κ1) is 16.6. The second kappa shape index (κ2) is 5.84. The zero-order valence-corrected chi connectivity index (χ0v) is 17.1. The average molecular weight is 487 g/mol. The Bertz CT molecular complexity index is 1180. The van der Waals surface area contributed by atoms with Crippen LogP contribution in [0.3, 0.4) is 0 Å². The lowest BCUT2D eigenvalue weighted by molar-refractivity contribution is 0.610. The molecule has 0 saturated heterocycles. The van der Waals surface area contributed by atoms with Crippen molar-refractivity contribution in [3.8, 4) is 0 Å². The molecule has 0 bridgehead atoms. The van der Waals surface area contributed by atoms with E-state index in [9.17, 15) is 8.42 Å². The molecule has 4 aromatic rings. The van der Waals surface area contributed by atoms with E-state index in [-0.39, 0.29) is 4.90 Å². The van der Waals surface area contributed by atoms with E-state index in [1.807, 2.05) is 24.3 Å². The van der Waals surface area contributed by atoms with Crippen LogP contribution in [0, 0.1) is 0 Å². The summed E-state index contributed by atoms with van der Waals surface area (Å²) in [6.07, 6.45) is 0. The summed E-state index contributed by atoms with van der Waals surface area (Å²) in [5, 5.41) is 7.15. The molecule has 0 spiro atoms. The summed E-state index contributed by atoms with van der Waals surface area (Å²) in [4.78, 5) is 0.201. The molecule has 0 radical (unpaired) electrons. The monoisotopic (exact) mass is 484 g/mol. The molecule has 0 atom stereocenters. The molecule has 0 heterocycles. The number of rotatable bonds is 3. The largest absolute Gasteiger partial charge is 0.262 e. The maximum Gasteiger partial charge on any atom is 0.262 e. The van der Waals surface area contributed by atoms with Gasteiger partial charge in [0.2, 0.25) is 0 Å². The maximum atomic E-state index is 12.2. The number of halogens is 3. The molecule has 0 aliphatic carbocycles. The molecule has 24 heavy (non-hydrogen) atoms. The van der Waals surface area contributed by atoms with Crippen LogP contribution < -0.4 is 0 Å². The molecule has 122 valence electrons. The summed E-state index contributed by atoms with van der Waals surface area (Å²) in [5.41, 5.74) is 1.87. The fraction of sp³-hybridized carbons (Fsp3) is 0.111. The van der Waals surface area contributed by atoms with Crippen LogP contribution in [-0.4, -0.2) is 8.42 Å². The smallest absolute Gasteiger partial charge is 0.207 e. The van der Waals surface area contributed by atoms with Gasteiger partial charge in [0, 0.05) is 26.7 Å². The Balaban J connectivity index is 2.31. The molecule has 0 aromatic heterocycles. The van der Waals surface area contributed by atoms with E-state index in [1.165, 1.54) is 5.56 Å². The van der Waals surface area contributed by atoms with Crippen LogP contribution in [0.15, 0.2) is 47.4 Å². The Morgan fingerprint density at radius 1 is 0.833 bits per heavy atom. The van der Waals surface area contributed by atoms with E-state index in [0.29, 0.717) is 16.3 Å². The highest BCUT2D eigenvalue weighted by molar-refractivity contribution is 9.08. The van der Waals surface area contributed by atoms with Crippen molar-refractivity contribution in [2.24, 2.45) is 0 Å². The van der Waals surface area contributed by atoms with Gasteiger partial charge < -0.3 is 0 Å². The van der Waals surface area contributed by atoms with Crippen LogP contribution in [0.2, 0.25) is 0 Å².